The van der Waals surface area contributed by atoms with Gasteiger partial charge in [-0.1, -0.05) is 12.1 Å². The van der Waals surface area contributed by atoms with Gasteiger partial charge in [0.1, 0.15) is 0 Å². The minimum atomic E-state index is -0.318. The SMILES string of the molecule is CCOc1cccc([C@H](N)c2ccsc2)c1O.Cl. The van der Waals surface area contributed by atoms with Crippen molar-refractivity contribution in [3.05, 3.63) is 46.2 Å². The summed E-state index contributed by atoms with van der Waals surface area (Å²) in [6, 6.07) is 7.04. The second-order valence-electron chi connectivity index (χ2n) is 3.66. The number of ether oxygens (including phenoxy) is 1. The van der Waals surface area contributed by atoms with Crippen LogP contribution in [-0.2, 0) is 0 Å². The van der Waals surface area contributed by atoms with Crippen LogP contribution in [0.1, 0.15) is 24.1 Å². The Morgan fingerprint density at radius 1 is 1.39 bits per heavy atom. The summed E-state index contributed by atoms with van der Waals surface area (Å²) in [5.41, 5.74) is 7.81. The highest BCUT2D eigenvalue weighted by atomic mass is 35.5. The lowest BCUT2D eigenvalue weighted by molar-refractivity contribution is 0.316. The molecule has 1 aromatic carbocycles. The molecule has 0 spiro atoms. The summed E-state index contributed by atoms with van der Waals surface area (Å²) in [5, 5.41) is 14.0. The van der Waals surface area contributed by atoms with Crippen molar-refractivity contribution in [1.82, 2.24) is 0 Å². The van der Waals surface area contributed by atoms with Crippen molar-refractivity contribution >= 4 is 23.7 Å². The highest BCUT2D eigenvalue weighted by Gasteiger charge is 2.16. The Balaban J connectivity index is 0.00000162. The summed E-state index contributed by atoms with van der Waals surface area (Å²) in [7, 11) is 0. The van der Waals surface area contributed by atoms with Crippen LogP contribution in [0.3, 0.4) is 0 Å². The molecule has 98 valence electrons. The smallest absolute Gasteiger partial charge is 0.162 e. The first-order chi connectivity index (χ1) is 8.24. The molecule has 0 amide bonds. The molecule has 1 aromatic heterocycles. The zero-order chi connectivity index (χ0) is 12.3. The van der Waals surface area contributed by atoms with Crippen molar-refractivity contribution in [2.45, 2.75) is 13.0 Å². The van der Waals surface area contributed by atoms with Crippen LogP contribution in [0, 0.1) is 0 Å². The van der Waals surface area contributed by atoms with E-state index in [0.717, 1.165) is 5.56 Å². The van der Waals surface area contributed by atoms with Crippen LogP contribution in [-0.4, -0.2) is 11.7 Å². The molecular formula is C13H16ClNO2S. The number of thiophene rings is 1. The van der Waals surface area contributed by atoms with Gasteiger partial charge < -0.3 is 15.6 Å². The molecule has 0 aliphatic rings. The van der Waals surface area contributed by atoms with Gasteiger partial charge in [0, 0.05) is 5.56 Å². The predicted molar refractivity (Wildman–Crippen MR) is 76.9 cm³/mol. The summed E-state index contributed by atoms with van der Waals surface area (Å²) >= 11 is 1.59. The molecule has 0 fully saturated rings. The van der Waals surface area contributed by atoms with E-state index >= 15 is 0 Å². The zero-order valence-corrected chi connectivity index (χ0v) is 11.6. The Hall–Kier alpha value is -1.23. The van der Waals surface area contributed by atoms with Crippen molar-refractivity contribution in [3.8, 4) is 11.5 Å². The van der Waals surface area contributed by atoms with Crippen LogP contribution < -0.4 is 10.5 Å². The quantitative estimate of drug-likeness (QED) is 0.906. The van der Waals surface area contributed by atoms with E-state index in [1.165, 1.54) is 0 Å². The Morgan fingerprint density at radius 3 is 2.78 bits per heavy atom. The van der Waals surface area contributed by atoms with E-state index < -0.39 is 0 Å². The lowest BCUT2D eigenvalue weighted by atomic mass is 10.0. The van der Waals surface area contributed by atoms with Crippen LogP contribution in [0.2, 0.25) is 0 Å². The number of nitrogens with two attached hydrogens (primary N) is 1. The number of hydrogen-bond acceptors (Lipinski definition) is 4. The molecule has 0 bridgehead atoms. The number of aromatic hydroxyl groups is 1. The molecule has 3 nitrogen and oxygen atoms in total. The number of rotatable bonds is 4. The highest BCUT2D eigenvalue weighted by molar-refractivity contribution is 7.08. The van der Waals surface area contributed by atoms with Gasteiger partial charge >= 0.3 is 0 Å². The molecule has 1 atom stereocenters. The van der Waals surface area contributed by atoms with E-state index in [1.807, 2.05) is 35.9 Å². The average Bonchev–Trinajstić information content (AvgIpc) is 2.85. The average molecular weight is 286 g/mol. The second-order valence-corrected chi connectivity index (χ2v) is 4.44. The lowest BCUT2D eigenvalue weighted by Gasteiger charge is -2.15. The van der Waals surface area contributed by atoms with Crippen LogP contribution in [0.5, 0.6) is 11.5 Å². The van der Waals surface area contributed by atoms with E-state index in [-0.39, 0.29) is 24.2 Å². The number of phenolic OH excluding ortho intramolecular Hbond substituents is 1. The van der Waals surface area contributed by atoms with E-state index in [9.17, 15) is 5.11 Å². The minimum absolute atomic E-state index is 0. The van der Waals surface area contributed by atoms with Crippen LogP contribution in [0.15, 0.2) is 35.0 Å². The Labute approximate surface area is 117 Å². The third kappa shape index (κ3) is 2.96. The van der Waals surface area contributed by atoms with Crippen LogP contribution in [0.4, 0.5) is 0 Å². The van der Waals surface area contributed by atoms with Gasteiger partial charge in [0.15, 0.2) is 11.5 Å². The van der Waals surface area contributed by atoms with Gasteiger partial charge in [-0.05, 0) is 35.4 Å². The first-order valence-corrected chi connectivity index (χ1v) is 6.40. The lowest BCUT2D eigenvalue weighted by Crippen LogP contribution is -2.11. The molecule has 2 aromatic rings. The fourth-order valence-corrected chi connectivity index (χ4v) is 2.39. The monoisotopic (exact) mass is 285 g/mol. The second kappa shape index (κ2) is 6.64. The first kappa shape index (κ1) is 14.8. The summed E-state index contributed by atoms with van der Waals surface area (Å²) in [5.74, 6) is 0.615. The molecule has 5 heteroatoms. The van der Waals surface area contributed by atoms with E-state index in [2.05, 4.69) is 0 Å². The first-order valence-electron chi connectivity index (χ1n) is 5.46. The molecule has 0 radical (unpaired) electrons. The van der Waals surface area contributed by atoms with Crippen LogP contribution in [0.25, 0.3) is 0 Å². The Kier molecular flexibility index (Phi) is 5.47. The molecular weight excluding hydrogens is 270 g/mol. The Bertz CT molecular complexity index is 488. The van der Waals surface area contributed by atoms with Gasteiger partial charge in [-0.15, -0.1) is 12.4 Å². The van der Waals surface area contributed by atoms with Crippen molar-refractivity contribution in [1.29, 1.82) is 0 Å². The summed E-state index contributed by atoms with van der Waals surface area (Å²) < 4.78 is 5.34. The molecule has 2 rings (SSSR count). The van der Waals surface area contributed by atoms with Crippen molar-refractivity contribution < 1.29 is 9.84 Å². The number of benzene rings is 1. The largest absolute Gasteiger partial charge is 0.504 e. The topological polar surface area (TPSA) is 55.5 Å². The molecule has 0 saturated carbocycles. The van der Waals surface area contributed by atoms with E-state index in [0.29, 0.717) is 17.9 Å². The summed E-state index contributed by atoms with van der Waals surface area (Å²) in [4.78, 5) is 0. The van der Waals surface area contributed by atoms with Gasteiger partial charge in [0.25, 0.3) is 0 Å². The Morgan fingerprint density at radius 2 is 2.17 bits per heavy atom. The maximum absolute atomic E-state index is 10.1. The van der Waals surface area contributed by atoms with E-state index in [1.54, 1.807) is 17.4 Å². The fraction of sp³-hybridized carbons (Fsp3) is 0.231. The molecule has 18 heavy (non-hydrogen) atoms. The normalized spacial score (nSPS) is 11.7. The zero-order valence-electron chi connectivity index (χ0n) is 10.00. The van der Waals surface area contributed by atoms with Crippen molar-refractivity contribution in [2.24, 2.45) is 5.73 Å². The van der Waals surface area contributed by atoms with Crippen LogP contribution >= 0.6 is 23.7 Å². The van der Waals surface area contributed by atoms with Gasteiger partial charge in [0.2, 0.25) is 0 Å². The summed E-state index contributed by atoms with van der Waals surface area (Å²) in [6.07, 6.45) is 0. The minimum Gasteiger partial charge on any atom is -0.504 e. The molecule has 0 aliphatic heterocycles. The molecule has 0 saturated heterocycles. The molecule has 0 aliphatic carbocycles. The molecule has 0 unspecified atom stereocenters. The fourth-order valence-electron chi connectivity index (χ4n) is 1.69. The maximum Gasteiger partial charge on any atom is 0.162 e. The third-order valence-corrected chi connectivity index (χ3v) is 3.27. The molecule has 1 heterocycles. The van der Waals surface area contributed by atoms with Gasteiger partial charge in [-0.25, -0.2) is 0 Å². The predicted octanol–water partition coefficient (Wildman–Crippen LogP) is 3.32. The standard InChI is InChI=1S/C13H15NO2S.ClH/c1-2-16-11-5-3-4-10(13(11)15)12(14)9-6-7-17-8-9;/h3-8,12,15H,2,14H2,1H3;1H/t12-;/m1./s1. The van der Waals surface area contributed by atoms with Gasteiger partial charge in [0.05, 0.1) is 12.6 Å². The van der Waals surface area contributed by atoms with Crippen molar-refractivity contribution in [3.63, 3.8) is 0 Å². The summed E-state index contributed by atoms with van der Waals surface area (Å²) in [6.45, 7) is 2.40. The molecule has 3 N–H and O–H groups in total. The third-order valence-electron chi connectivity index (χ3n) is 2.57. The highest BCUT2D eigenvalue weighted by Crippen LogP contribution is 2.35. The van der Waals surface area contributed by atoms with Gasteiger partial charge in [-0.3, -0.25) is 0 Å². The van der Waals surface area contributed by atoms with E-state index in [4.69, 9.17) is 10.5 Å². The number of halogens is 1. The number of phenols is 1. The maximum atomic E-state index is 10.1. The number of hydrogen-bond donors (Lipinski definition) is 2. The van der Waals surface area contributed by atoms with Crippen molar-refractivity contribution in [2.75, 3.05) is 6.61 Å². The van der Waals surface area contributed by atoms with Gasteiger partial charge in [-0.2, -0.15) is 11.3 Å². The number of para-hydroxylation sites is 1.